The summed E-state index contributed by atoms with van der Waals surface area (Å²) in [6, 6.07) is 5.43. The molecule has 2 heterocycles. The van der Waals surface area contributed by atoms with Crippen molar-refractivity contribution in [2.24, 2.45) is 0 Å². The summed E-state index contributed by atoms with van der Waals surface area (Å²) in [6.45, 7) is 5.33. The third-order valence-electron chi connectivity index (χ3n) is 5.23. The number of carbonyl (C=O) groups excluding carboxylic acids is 1. The Morgan fingerprint density at radius 3 is 2.36 bits per heavy atom. The first-order valence-corrected chi connectivity index (χ1v) is 8.75. The minimum atomic E-state index is -0.917. The molecule has 0 spiro atoms. The van der Waals surface area contributed by atoms with E-state index in [4.69, 9.17) is 0 Å². The van der Waals surface area contributed by atoms with Crippen LogP contribution in [0.4, 0.5) is 10.1 Å². The molecule has 2 aliphatic rings. The van der Waals surface area contributed by atoms with Gasteiger partial charge >= 0.3 is 5.97 Å². The van der Waals surface area contributed by atoms with Crippen LogP contribution in [0.25, 0.3) is 0 Å². The Balaban J connectivity index is 1.57. The zero-order valence-corrected chi connectivity index (χ0v) is 14.4. The van der Waals surface area contributed by atoms with E-state index in [1.807, 2.05) is 6.92 Å². The molecule has 1 aromatic rings. The van der Waals surface area contributed by atoms with Crippen molar-refractivity contribution < 1.29 is 19.1 Å². The summed E-state index contributed by atoms with van der Waals surface area (Å²) in [5, 5.41) is 9.26. The Bertz CT molecular complexity index is 629. The maximum atomic E-state index is 13.0. The van der Waals surface area contributed by atoms with E-state index in [2.05, 4.69) is 9.80 Å². The predicted octanol–water partition coefficient (Wildman–Crippen LogP) is 1.41. The van der Waals surface area contributed by atoms with Crippen LogP contribution in [0.2, 0.25) is 0 Å². The zero-order valence-electron chi connectivity index (χ0n) is 14.4. The molecule has 3 rings (SSSR count). The number of carbonyl (C=O) groups is 2. The third-order valence-corrected chi connectivity index (χ3v) is 5.23. The molecule has 7 heteroatoms. The molecule has 1 N–H and O–H groups in total. The van der Waals surface area contributed by atoms with E-state index < -0.39 is 12.0 Å². The lowest BCUT2D eigenvalue weighted by Gasteiger charge is -2.39. The number of rotatable bonds is 4. The molecule has 136 valence electrons. The van der Waals surface area contributed by atoms with Crippen molar-refractivity contribution in [2.75, 3.05) is 37.6 Å². The number of hydrogen-bond donors (Lipinski definition) is 1. The predicted molar refractivity (Wildman–Crippen MR) is 92.0 cm³/mol. The van der Waals surface area contributed by atoms with Gasteiger partial charge in [0.2, 0.25) is 5.91 Å². The van der Waals surface area contributed by atoms with Gasteiger partial charge in [-0.05, 0) is 44.0 Å². The normalized spacial score (nSPS) is 22.9. The fourth-order valence-electron chi connectivity index (χ4n) is 3.70. The Morgan fingerprint density at radius 2 is 1.76 bits per heavy atom. The summed E-state index contributed by atoms with van der Waals surface area (Å²) in [6.07, 6.45) is 1.28. The zero-order chi connectivity index (χ0) is 18.0. The smallest absolute Gasteiger partial charge is 0.326 e. The Labute approximate surface area is 146 Å². The molecule has 2 saturated heterocycles. The minimum absolute atomic E-state index is 0.0971. The monoisotopic (exact) mass is 349 g/mol. The van der Waals surface area contributed by atoms with E-state index in [-0.39, 0.29) is 17.8 Å². The SMILES string of the molecule is CC(C(=O)N1CCCC1C(=O)O)N1CCN(c2ccc(F)cc2)CC1. The molecule has 1 aromatic carbocycles. The van der Waals surface area contributed by atoms with Gasteiger partial charge in [-0.3, -0.25) is 9.69 Å². The van der Waals surface area contributed by atoms with Gasteiger partial charge in [0, 0.05) is 38.4 Å². The number of hydrogen-bond acceptors (Lipinski definition) is 4. The van der Waals surface area contributed by atoms with E-state index in [0.717, 1.165) is 38.3 Å². The first-order valence-electron chi connectivity index (χ1n) is 8.75. The van der Waals surface area contributed by atoms with Crippen LogP contribution in [0.15, 0.2) is 24.3 Å². The molecule has 0 bridgehead atoms. The molecule has 2 atom stereocenters. The highest BCUT2D eigenvalue weighted by atomic mass is 19.1. The van der Waals surface area contributed by atoms with Gasteiger partial charge in [0.1, 0.15) is 11.9 Å². The Morgan fingerprint density at radius 1 is 1.12 bits per heavy atom. The molecule has 2 aliphatic heterocycles. The number of anilines is 1. The van der Waals surface area contributed by atoms with Gasteiger partial charge in [-0.1, -0.05) is 0 Å². The summed E-state index contributed by atoms with van der Waals surface area (Å²) in [7, 11) is 0. The number of aliphatic carboxylic acids is 1. The van der Waals surface area contributed by atoms with E-state index in [9.17, 15) is 19.1 Å². The second kappa shape index (κ2) is 7.39. The van der Waals surface area contributed by atoms with Crippen LogP contribution in [0.3, 0.4) is 0 Å². The largest absolute Gasteiger partial charge is 0.480 e. The van der Waals surface area contributed by atoms with Crippen LogP contribution >= 0.6 is 0 Å². The lowest BCUT2D eigenvalue weighted by atomic mass is 10.1. The number of carboxylic acids is 1. The minimum Gasteiger partial charge on any atom is -0.480 e. The highest BCUT2D eigenvalue weighted by Crippen LogP contribution is 2.22. The maximum absolute atomic E-state index is 13.0. The van der Waals surface area contributed by atoms with Crippen LogP contribution in [-0.2, 0) is 9.59 Å². The lowest BCUT2D eigenvalue weighted by molar-refractivity contribution is -0.150. The molecular weight excluding hydrogens is 325 g/mol. The Kier molecular flexibility index (Phi) is 5.22. The molecule has 0 radical (unpaired) electrons. The van der Waals surface area contributed by atoms with Crippen molar-refractivity contribution >= 4 is 17.6 Å². The molecule has 0 aliphatic carbocycles. The maximum Gasteiger partial charge on any atom is 0.326 e. The quantitative estimate of drug-likeness (QED) is 0.891. The molecule has 25 heavy (non-hydrogen) atoms. The number of nitrogens with zero attached hydrogens (tertiary/aromatic N) is 3. The summed E-state index contributed by atoms with van der Waals surface area (Å²) in [5.74, 6) is -1.26. The first-order chi connectivity index (χ1) is 12.0. The summed E-state index contributed by atoms with van der Waals surface area (Å²) >= 11 is 0. The average molecular weight is 349 g/mol. The summed E-state index contributed by atoms with van der Waals surface area (Å²) in [4.78, 5) is 29.8. The van der Waals surface area contributed by atoms with Crippen molar-refractivity contribution in [3.63, 3.8) is 0 Å². The van der Waals surface area contributed by atoms with E-state index >= 15 is 0 Å². The van der Waals surface area contributed by atoms with Crippen LogP contribution in [-0.4, -0.2) is 71.6 Å². The highest BCUT2D eigenvalue weighted by Gasteiger charge is 2.37. The van der Waals surface area contributed by atoms with E-state index in [1.165, 1.54) is 17.0 Å². The number of piperazine rings is 1. The molecule has 2 fully saturated rings. The van der Waals surface area contributed by atoms with E-state index in [0.29, 0.717) is 13.0 Å². The lowest BCUT2D eigenvalue weighted by Crippen LogP contribution is -2.56. The first kappa shape index (κ1) is 17.7. The fraction of sp³-hybridized carbons (Fsp3) is 0.556. The number of halogens is 1. The van der Waals surface area contributed by atoms with Gasteiger partial charge in [-0.2, -0.15) is 0 Å². The van der Waals surface area contributed by atoms with Gasteiger partial charge < -0.3 is 14.9 Å². The van der Waals surface area contributed by atoms with Crippen LogP contribution < -0.4 is 4.90 Å². The summed E-state index contributed by atoms with van der Waals surface area (Å²) in [5.41, 5.74) is 0.977. The number of carboxylic acid groups (broad SMARTS) is 1. The van der Waals surface area contributed by atoms with Crippen molar-refractivity contribution in [3.05, 3.63) is 30.1 Å². The third kappa shape index (κ3) is 3.76. The molecular formula is C18H24FN3O3. The highest BCUT2D eigenvalue weighted by molar-refractivity contribution is 5.87. The fourth-order valence-corrected chi connectivity index (χ4v) is 3.70. The van der Waals surface area contributed by atoms with Crippen molar-refractivity contribution in [3.8, 4) is 0 Å². The second-order valence-electron chi connectivity index (χ2n) is 6.70. The topological polar surface area (TPSA) is 64.1 Å². The molecule has 6 nitrogen and oxygen atoms in total. The standard InChI is InChI=1S/C18H24FN3O3/c1-13(17(23)22-8-2-3-16(22)18(24)25)20-9-11-21(12-10-20)15-6-4-14(19)5-7-15/h4-7,13,16H,2-3,8-12H2,1H3,(H,24,25). The van der Waals surface area contributed by atoms with Gasteiger partial charge in [0.05, 0.1) is 6.04 Å². The van der Waals surface area contributed by atoms with Crippen LogP contribution in [0.5, 0.6) is 0 Å². The number of amides is 1. The van der Waals surface area contributed by atoms with Crippen molar-refractivity contribution in [1.82, 2.24) is 9.80 Å². The average Bonchev–Trinajstić information content (AvgIpc) is 3.11. The molecule has 2 unspecified atom stereocenters. The van der Waals surface area contributed by atoms with E-state index in [1.54, 1.807) is 12.1 Å². The molecule has 0 aromatic heterocycles. The summed E-state index contributed by atoms with van der Waals surface area (Å²) < 4.78 is 13.0. The molecule has 0 saturated carbocycles. The van der Waals surface area contributed by atoms with Crippen molar-refractivity contribution in [2.45, 2.75) is 31.8 Å². The van der Waals surface area contributed by atoms with Gasteiger partial charge in [-0.25, -0.2) is 9.18 Å². The second-order valence-corrected chi connectivity index (χ2v) is 6.70. The van der Waals surface area contributed by atoms with Crippen LogP contribution in [0, 0.1) is 5.82 Å². The number of benzene rings is 1. The van der Waals surface area contributed by atoms with Crippen molar-refractivity contribution in [1.29, 1.82) is 0 Å². The molecule has 1 amide bonds. The van der Waals surface area contributed by atoms with Gasteiger partial charge in [0.15, 0.2) is 0 Å². The van der Waals surface area contributed by atoms with Crippen LogP contribution in [0.1, 0.15) is 19.8 Å². The number of likely N-dealkylation sites (tertiary alicyclic amines) is 1. The Hall–Kier alpha value is -2.15. The van der Waals surface area contributed by atoms with Gasteiger partial charge in [0.25, 0.3) is 0 Å². The van der Waals surface area contributed by atoms with Gasteiger partial charge in [-0.15, -0.1) is 0 Å².